The molecular weight excluding hydrogens is 322 g/mol. The van der Waals surface area contributed by atoms with Gasteiger partial charge >= 0.3 is 0 Å². The summed E-state index contributed by atoms with van der Waals surface area (Å²) in [5.41, 5.74) is 1.38. The highest BCUT2D eigenvalue weighted by atomic mass is 16.5. The molecular formula is C15H19N9O. The lowest BCUT2D eigenvalue weighted by Crippen LogP contribution is -2.39. The summed E-state index contributed by atoms with van der Waals surface area (Å²) in [5, 5.41) is 6.44. The van der Waals surface area contributed by atoms with Crippen LogP contribution in [-0.2, 0) is 4.74 Å². The van der Waals surface area contributed by atoms with Gasteiger partial charge < -0.3 is 20.4 Å². The highest BCUT2D eigenvalue weighted by Crippen LogP contribution is 2.20. The Morgan fingerprint density at radius 3 is 2.96 bits per heavy atom. The molecule has 1 fully saturated rings. The van der Waals surface area contributed by atoms with E-state index >= 15 is 0 Å². The third kappa shape index (κ3) is 3.80. The van der Waals surface area contributed by atoms with Crippen molar-refractivity contribution < 1.29 is 4.74 Å². The highest BCUT2D eigenvalue weighted by molar-refractivity contribution is 5.84. The fourth-order valence-corrected chi connectivity index (χ4v) is 2.65. The molecule has 0 saturated carbocycles. The van der Waals surface area contributed by atoms with Gasteiger partial charge in [0.2, 0.25) is 5.95 Å². The molecule has 25 heavy (non-hydrogen) atoms. The number of aromatic nitrogens is 6. The first-order chi connectivity index (χ1) is 12.4. The summed E-state index contributed by atoms with van der Waals surface area (Å²) < 4.78 is 5.37. The van der Waals surface area contributed by atoms with Crippen molar-refractivity contribution in [3.8, 4) is 0 Å². The van der Waals surface area contributed by atoms with Crippen molar-refractivity contribution in [2.75, 3.05) is 50.0 Å². The molecule has 0 amide bonds. The Morgan fingerprint density at radius 1 is 1.20 bits per heavy atom. The summed E-state index contributed by atoms with van der Waals surface area (Å²) in [6.07, 6.45) is 4.74. The Balaban J connectivity index is 1.48. The van der Waals surface area contributed by atoms with Gasteiger partial charge in [-0.05, 0) is 6.07 Å². The Bertz CT molecular complexity index is 816. The molecule has 0 unspecified atom stereocenters. The molecule has 3 aromatic rings. The molecule has 130 valence electrons. The summed E-state index contributed by atoms with van der Waals surface area (Å²) in [5.74, 6) is 1.78. The lowest BCUT2D eigenvalue weighted by atomic mass is 10.4. The summed E-state index contributed by atoms with van der Waals surface area (Å²) >= 11 is 0. The molecule has 4 heterocycles. The van der Waals surface area contributed by atoms with Crippen LogP contribution in [0.1, 0.15) is 0 Å². The van der Waals surface area contributed by atoms with Crippen LogP contribution in [0.5, 0.6) is 0 Å². The number of rotatable bonds is 6. The minimum absolute atomic E-state index is 0.437. The van der Waals surface area contributed by atoms with E-state index in [0.717, 1.165) is 44.9 Å². The maximum Gasteiger partial charge on any atom is 0.232 e. The smallest absolute Gasteiger partial charge is 0.232 e. The SMILES string of the molecule is c1cc(Nc2nc(NCCN3CCOCC3)c3[nH]cnc3n2)ncn1. The normalized spacial score (nSPS) is 15.4. The van der Waals surface area contributed by atoms with Gasteiger partial charge in [-0.1, -0.05) is 0 Å². The molecule has 0 atom stereocenters. The second-order valence-electron chi connectivity index (χ2n) is 5.60. The number of H-pyrrole nitrogens is 1. The Hall–Kier alpha value is -2.85. The topological polar surface area (TPSA) is 117 Å². The van der Waals surface area contributed by atoms with Crippen molar-refractivity contribution in [3.63, 3.8) is 0 Å². The molecule has 3 aromatic heterocycles. The predicted octanol–water partition coefficient (Wildman–Crippen LogP) is 0.631. The molecule has 10 nitrogen and oxygen atoms in total. The number of fused-ring (bicyclic) bond motifs is 1. The first kappa shape index (κ1) is 15.7. The molecule has 3 N–H and O–H groups in total. The van der Waals surface area contributed by atoms with Crippen LogP contribution in [0.15, 0.2) is 24.9 Å². The van der Waals surface area contributed by atoms with Gasteiger partial charge in [0.25, 0.3) is 0 Å². The van der Waals surface area contributed by atoms with E-state index in [2.05, 4.69) is 45.4 Å². The van der Waals surface area contributed by atoms with Crippen LogP contribution in [0, 0.1) is 0 Å². The number of hydrogen-bond donors (Lipinski definition) is 3. The number of imidazole rings is 1. The molecule has 0 spiro atoms. The molecule has 1 saturated heterocycles. The van der Waals surface area contributed by atoms with E-state index in [0.29, 0.717) is 23.2 Å². The van der Waals surface area contributed by atoms with Gasteiger partial charge in [0, 0.05) is 32.4 Å². The second kappa shape index (κ2) is 7.36. The number of aromatic amines is 1. The zero-order valence-corrected chi connectivity index (χ0v) is 13.6. The van der Waals surface area contributed by atoms with Crippen molar-refractivity contribution in [2.45, 2.75) is 0 Å². The van der Waals surface area contributed by atoms with Crippen LogP contribution >= 0.6 is 0 Å². The lowest BCUT2D eigenvalue weighted by molar-refractivity contribution is 0.0398. The number of nitrogens with one attached hydrogen (secondary N) is 3. The zero-order chi connectivity index (χ0) is 16.9. The molecule has 1 aliphatic heterocycles. The highest BCUT2D eigenvalue weighted by Gasteiger charge is 2.12. The van der Waals surface area contributed by atoms with E-state index in [1.54, 1.807) is 18.6 Å². The zero-order valence-electron chi connectivity index (χ0n) is 13.6. The van der Waals surface area contributed by atoms with Crippen LogP contribution in [0.4, 0.5) is 17.6 Å². The van der Waals surface area contributed by atoms with Crippen LogP contribution in [0.3, 0.4) is 0 Å². The molecule has 0 radical (unpaired) electrons. The van der Waals surface area contributed by atoms with Crippen molar-refractivity contribution >= 4 is 28.7 Å². The average molecular weight is 341 g/mol. The fraction of sp³-hybridized carbons (Fsp3) is 0.400. The Morgan fingerprint density at radius 2 is 2.12 bits per heavy atom. The summed E-state index contributed by atoms with van der Waals surface area (Å²) in [6, 6.07) is 1.75. The molecule has 1 aliphatic rings. The molecule has 0 aliphatic carbocycles. The van der Waals surface area contributed by atoms with Gasteiger partial charge in [0.05, 0.1) is 19.5 Å². The Kier molecular flexibility index (Phi) is 4.61. The largest absolute Gasteiger partial charge is 0.379 e. The maximum atomic E-state index is 5.37. The molecule has 4 rings (SSSR count). The van der Waals surface area contributed by atoms with E-state index in [4.69, 9.17) is 4.74 Å². The van der Waals surface area contributed by atoms with Gasteiger partial charge in [-0.15, -0.1) is 0 Å². The van der Waals surface area contributed by atoms with Gasteiger partial charge in [0.15, 0.2) is 11.5 Å². The maximum absolute atomic E-state index is 5.37. The number of ether oxygens (including phenoxy) is 1. The van der Waals surface area contributed by atoms with Crippen LogP contribution in [0.25, 0.3) is 11.2 Å². The number of morpholine rings is 1. The van der Waals surface area contributed by atoms with Gasteiger partial charge in [-0.25, -0.2) is 15.0 Å². The quantitative estimate of drug-likeness (QED) is 0.593. The van der Waals surface area contributed by atoms with E-state index < -0.39 is 0 Å². The Labute approximate surface area is 144 Å². The van der Waals surface area contributed by atoms with Gasteiger partial charge in [-0.2, -0.15) is 9.97 Å². The second-order valence-corrected chi connectivity index (χ2v) is 5.60. The first-order valence-corrected chi connectivity index (χ1v) is 8.16. The standard InChI is InChI=1S/C15H19N9O/c1-2-16-9-18-11(1)21-15-22-13(12-14(23-15)20-10-19-12)17-3-4-24-5-7-25-8-6-24/h1-2,9-10H,3-8H2,(H3,16,17,18,19,20,21,22,23). The number of anilines is 3. The lowest BCUT2D eigenvalue weighted by Gasteiger charge is -2.26. The fourth-order valence-electron chi connectivity index (χ4n) is 2.65. The summed E-state index contributed by atoms with van der Waals surface area (Å²) in [7, 11) is 0. The van der Waals surface area contributed by atoms with Crippen LogP contribution in [-0.4, -0.2) is 74.2 Å². The van der Waals surface area contributed by atoms with Gasteiger partial charge in [0.1, 0.15) is 17.7 Å². The minimum Gasteiger partial charge on any atom is -0.379 e. The van der Waals surface area contributed by atoms with Crippen molar-refractivity contribution in [3.05, 3.63) is 24.9 Å². The van der Waals surface area contributed by atoms with E-state index in [9.17, 15) is 0 Å². The van der Waals surface area contributed by atoms with Gasteiger partial charge in [-0.3, -0.25) is 4.90 Å². The number of nitrogens with zero attached hydrogens (tertiary/aromatic N) is 6. The average Bonchev–Trinajstić information content (AvgIpc) is 3.12. The third-order valence-corrected chi connectivity index (χ3v) is 3.93. The predicted molar refractivity (Wildman–Crippen MR) is 92.7 cm³/mol. The molecule has 0 bridgehead atoms. The van der Waals surface area contributed by atoms with Crippen LogP contribution < -0.4 is 10.6 Å². The van der Waals surface area contributed by atoms with E-state index in [1.807, 2.05) is 0 Å². The van der Waals surface area contributed by atoms with Crippen LogP contribution in [0.2, 0.25) is 0 Å². The molecule has 0 aromatic carbocycles. The third-order valence-electron chi connectivity index (χ3n) is 3.93. The van der Waals surface area contributed by atoms with Crippen molar-refractivity contribution in [1.82, 2.24) is 34.8 Å². The van der Waals surface area contributed by atoms with Crippen molar-refractivity contribution in [2.24, 2.45) is 0 Å². The van der Waals surface area contributed by atoms with Crippen molar-refractivity contribution in [1.29, 1.82) is 0 Å². The van der Waals surface area contributed by atoms with E-state index in [1.165, 1.54) is 6.33 Å². The summed E-state index contributed by atoms with van der Waals surface area (Å²) in [4.78, 5) is 26.6. The molecule has 10 heteroatoms. The minimum atomic E-state index is 0.437. The van der Waals surface area contributed by atoms with E-state index in [-0.39, 0.29) is 0 Å². The number of hydrogen-bond acceptors (Lipinski definition) is 9. The first-order valence-electron chi connectivity index (χ1n) is 8.16. The summed E-state index contributed by atoms with van der Waals surface area (Å²) in [6.45, 7) is 5.23. The monoisotopic (exact) mass is 341 g/mol.